The first-order valence-electron chi connectivity index (χ1n) is 7.24. The lowest BCUT2D eigenvalue weighted by Crippen LogP contribution is -2.49. The van der Waals surface area contributed by atoms with Gasteiger partial charge in [0, 0.05) is 0 Å². The van der Waals surface area contributed by atoms with Gasteiger partial charge in [-0.15, -0.1) is 0 Å². The second kappa shape index (κ2) is 8.96. The number of carbonyl (C=O) groups excluding carboxylic acids is 3. The first-order chi connectivity index (χ1) is 12.1. The molecule has 0 fully saturated rings. The summed E-state index contributed by atoms with van der Waals surface area (Å²) < 4.78 is 15.2. The number of furan rings is 1. The highest BCUT2D eigenvalue weighted by Crippen LogP contribution is 2.16. The van der Waals surface area contributed by atoms with Crippen LogP contribution in [0.3, 0.4) is 0 Å². The topological polar surface area (TPSA) is 119 Å². The molecule has 1 aromatic heterocycles. The SMILES string of the molecule is COc1ccc(OCC(=O)NNC(=O)C(=O)NCc2ccco2)cc1. The highest BCUT2D eigenvalue weighted by molar-refractivity contribution is 6.35. The summed E-state index contributed by atoms with van der Waals surface area (Å²) in [5.41, 5.74) is 4.06. The second-order valence-corrected chi connectivity index (χ2v) is 4.73. The molecule has 0 bridgehead atoms. The Hall–Kier alpha value is -3.49. The number of benzene rings is 1. The molecule has 1 aromatic carbocycles. The minimum absolute atomic E-state index is 0.0633. The highest BCUT2D eigenvalue weighted by Gasteiger charge is 2.14. The molecular formula is C16H17N3O6. The molecule has 1 heterocycles. The summed E-state index contributed by atoms with van der Waals surface area (Å²) in [6.45, 7) is -0.269. The van der Waals surface area contributed by atoms with Gasteiger partial charge in [-0.25, -0.2) is 0 Å². The van der Waals surface area contributed by atoms with Crippen molar-refractivity contribution in [3.63, 3.8) is 0 Å². The van der Waals surface area contributed by atoms with Crippen molar-refractivity contribution >= 4 is 17.7 Å². The number of rotatable bonds is 6. The zero-order valence-electron chi connectivity index (χ0n) is 13.4. The van der Waals surface area contributed by atoms with E-state index in [9.17, 15) is 14.4 Å². The van der Waals surface area contributed by atoms with Gasteiger partial charge in [-0.2, -0.15) is 0 Å². The maximum atomic E-state index is 11.6. The van der Waals surface area contributed by atoms with E-state index in [4.69, 9.17) is 13.9 Å². The van der Waals surface area contributed by atoms with E-state index < -0.39 is 17.7 Å². The third kappa shape index (κ3) is 5.90. The van der Waals surface area contributed by atoms with Gasteiger partial charge >= 0.3 is 11.8 Å². The van der Waals surface area contributed by atoms with Crippen LogP contribution in [0.25, 0.3) is 0 Å². The highest BCUT2D eigenvalue weighted by atomic mass is 16.5. The number of hydrazine groups is 1. The number of ether oxygens (including phenoxy) is 2. The van der Waals surface area contributed by atoms with Gasteiger partial charge in [0.25, 0.3) is 5.91 Å². The third-order valence-corrected chi connectivity index (χ3v) is 2.95. The zero-order valence-corrected chi connectivity index (χ0v) is 13.4. The van der Waals surface area contributed by atoms with Crippen molar-refractivity contribution in [1.29, 1.82) is 0 Å². The summed E-state index contributed by atoms with van der Waals surface area (Å²) in [7, 11) is 1.54. The van der Waals surface area contributed by atoms with Crippen LogP contribution < -0.4 is 25.6 Å². The van der Waals surface area contributed by atoms with Crippen LogP contribution in [-0.4, -0.2) is 31.4 Å². The maximum Gasteiger partial charge on any atom is 0.327 e. The van der Waals surface area contributed by atoms with Crippen molar-refractivity contribution in [3.05, 3.63) is 48.4 Å². The summed E-state index contributed by atoms with van der Waals surface area (Å²) in [5, 5.41) is 2.34. The molecule has 132 valence electrons. The van der Waals surface area contributed by atoms with Crippen molar-refractivity contribution in [2.24, 2.45) is 0 Å². The first-order valence-corrected chi connectivity index (χ1v) is 7.24. The molecule has 9 nitrogen and oxygen atoms in total. The quantitative estimate of drug-likeness (QED) is 0.505. The van der Waals surface area contributed by atoms with Crippen LogP contribution >= 0.6 is 0 Å². The molecule has 3 N–H and O–H groups in total. The van der Waals surface area contributed by atoms with E-state index >= 15 is 0 Å². The molecule has 9 heteroatoms. The zero-order chi connectivity index (χ0) is 18.1. The van der Waals surface area contributed by atoms with Gasteiger partial charge in [0.15, 0.2) is 6.61 Å². The molecule has 2 aromatic rings. The average Bonchev–Trinajstić information content (AvgIpc) is 3.16. The fraction of sp³-hybridized carbons (Fsp3) is 0.188. The molecule has 3 amide bonds. The number of methoxy groups -OCH3 is 1. The van der Waals surface area contributed by atoms with Crippen LogP contribution in [0.1, 0.15) is 5.76 Å². The number of carbonyl (C=O) groups is 3. The van der Waals surface area contributed by atoms with Gasteiger partial charge in [-0.1, -0.05) is 0 Å². The van der Waals surface area contributed by atoms with Gasteiger partial charge in [0.2, 0.25) is 0 Å². The number of hydrogen-bond donors (Lipinski definition) is 3. The van der Waals surface area contributed by atoms with Gasteiger partial charge in [0.05, 0.1) is 19.9 Å². The van der Waals surface area contributed by atoms with E-state index in [2.05, 4.69) is 10.7 Å². The molecule has 0 saturated heterocycles. The van der Waals surface area contributed by atoms with E-state index in [0.717, 1.165) is 0 Å². The second-order valence-electron chi connectivity index (χ2n) is 4.73. The molecule has 0 unspecified atom stereocenters. The smallest absolute Gasteiger partial charge is 0.327 e. The van der Waals surface area contributed by atoms with Crippen molar-refractivity contribution in [3.8, 4) is 11.5 Å². The predicted octanol–water partition coefficient (Wildman–Crippen LogP) is 0.131. The number of nitrogens with one attached hydrogen (secondary N) is 3. The molecule has 2 rings (SSSR count). The van der Waals surface area contributed by atoms with Crippen LogP contribution in [-0.2, 0) is 20.9 Å². The van der Waals surface area contributed by atoms with Gasteiger partial charge in [-0.05, 0) is 36.4 Å². The van der Waals surface area contributed by atoms with Crippen LogP contribution in [0, 0.1) is 0 Å². The van der Waals surface area contributed by atoms with E-state index in [1.807, 2.05) is 5.43 Å². The van der Waals surface area contributed by atoms with Crippen LogP contribution in [0.4, 0.5) is 0 Å². The van der Waals surface area contributed by atoms with Crippen LogP contribution in [0.5, 0.6) is 11.5 Å². The summed E-state index contributed by atoms with van der Waals surface area (Å²) in [5.74, 6) is -0.929. The Kier molecular flexibility index (Phi) is 6.40. The minimum atomic E-state index is -1.01. The molecule has 0 atom stereocenters. The summed E-state index contributed by atoms with van der Waals surface area (Å²) in [4.78, 5) is 34.6. The van der Waals surface area contributed by atoms with E-state index in [-0.39, 0.29) is 13.2 Å². The van der Waals surface area contributed by atoms with Crippen molar-refractivity contribution in [2.45, 2.75) is 6.54 Å². The molecule has 0 radical (unpaired) electrons. The van der Waals surface area contributed by atoms with Crippen molar-refractivity contribution in [1.82, 2.24) is 16.2 Å². The lowest BCUT2D eigenvalue weighted by molar-refractivity contribution is -0.141. The molecule has 0 spiro atoms. The molecule has 0 saturated carbocycles. The number of amides is 3. The Bertz CT molecular complexity index is 712. The van der Waals surface area contributed by atoms with Crippen LogP contribution in [0.2, 0.25) is 0 Å². The summed E-state index contributed by atoms with van der Waals surface area (Å²) in [6.07, 6.45) is 1.45. The molecular weight excluding hydrogens is 330 g/mol. The van der Waals surface area contributed by atoms with Crippen molar-refractivity contribution in [2.75, 3.05) is 13.7 Å². The summed E-state index contributed by atoms with van der Waals surface area (Å²) >= 11 is 0. The number of hydrogen-bond acceptors (Lipinski definition) is 6. The molecule has 0 aliphatic heterocycles. The van der Waals surface area contributed by atoms with Crippen LogP contribution in [0.15, 0.2) is 47.1 Å². The van der Waals surface area contributed by atoms with Gasteiger partial charge < -0.3 is 19.2 Å². The van der Waals surface area contributed by atoms with E-state index in [1.54, 1.807) is 36.4 Å². The Balaban J connectivity index is 1.66. The molecule has 0 aliphatic carbocycles. The van der Waals surface area contributed by atoms with Gasteiger partial charge in [0.1, 0.15) is 17.3 Å². The van der Waals surface area contributed by atoms with E-state index in [0.29, 0.717) is 17.3 Å². The fourth-order valence-corrected chi connectivity index (χ4v) is 1.70. The average molecular weight is 347 g/mol. The monoisotopic (exact) mass is 347 g/mol. The maximum absolute atomic E-state index is 11.6. The van der Waals surface area contributed by atoms with Crippen molar-refractivity contribution < 1.29 is 28.3 Å². The standard InChI is InChI=1S/C16H17N3O6/c1-23-11-4-6-12(7-5-11)25-10-14(20)18-19-16(22)15(21)17-9-13-3-2-8-24-13/h2-8H,9-10H2,1H3,(H,17,21)(H,18,20)(H,19,22). The fourth-order valence-electron chi connectivity index (χ4n) is 1.70. The normalized spacial score (nSPS) is 9.80. The minimum Gasteiger partial charge on any atom is -0.497 e. The van der Waals surface area contributed by atoms with E-state index in [1.165, 1.54) is 13.4 Å². The molecule has 0 aliphatic rings. The lowest BCUT2D eigenvalue weighted by Gasteiger charge is -2.09. The lowest BCUT2D eigenvalue weighted by atomic mass is 10.3. The Morgan fingerprint density at radius 3 is 2.36 bits per heavy atom. The summed E-state index contributed by atoms with van der Waals surface area (Å²) in [6, 6.07) is 9.93. The molecule has 25 heavy (non-hydrogen) atoms. The first kappa shape index (κ1) is 17.9. The Morgan fingerprint density at radius 1 is 1.00 bits per heavy atom. The van der Waals surface area contributed by atoms with Gasteiger partial charge in [-0.3, -0.25) is 25.2 Å². The largest absolute Gasteiger partial charge is 0.497 e. The third-order valence-electron chi connectivity index (χ3n) is 2.95. The Morgan fingerprint density at radius 2 is 1.72 bits per heavy atom. The Labute approximate surface area is 143 Å². The predicted molar refractivity (Wildman–Crippen MR) is 85.3 cm³/mol.